The molecule has 5 N–H and O–H groups in total. The molecule has 8 heteroatoms. The summed E-state index contributed by atoms with van der Waals surface area (Å²) in [4.78, 5) is 20.1. The van der Waals surface area contributed by atoms with Crippen molar-refractivity contribution in [2.24, 2.45) is 11.7 Å². The number of nitrogen functional groups attached to an aromatic ring is 1. The van der Waals surface area contributed by atoms with Crippen molar-refractivity contribution < 1.29 is 19.4 Å². The van der Waals surface area contributed by atoms with Crippen LogP contribution in [0.4, 0.5) is 5.82 Å². The molecule has 1 aromatic rings. The number of aliphatic hydroxyl groups is 1. The molecule has 0 spiro atoms. The first-order valence-electron chi connectivity index (χ1n) is 9.00. The van der Waals surface area contributed by atoms with Crippen molar-refractivity contribution in [2.45, 2.75) is 63.6 Å². The molecule has 2 aliphatic carbocycles. The van der Waals surface area contributed by atoms with Crippen molar-refractivity contribution in [3.63, 3.8) is 0 Å². The van der Waals surface area contributed by atoms with Crippen LogP contribution in [0.2, 0.25) is 0 Å². The summed E-state index contributed by atoms with van der Waals surface area (Å²) in [5.41, 5.74) is 11.3. The summed E-state index contributed by atoms with van der Waals surface area (Å²) < 4.78 is 11.8. The number of amides is 1. The molecule has 0 saturated heterocycles. The number of rotatable bonds is 6. The minimum Gasteiger partial charge on any atom is -0.473 e. The molecule has 0 radical (unpaired) electrons. The number of hydrogen-bond acceptors (Lipinski definition) is 7. The van der Waals surface area contributed by atoms with E-state index in [1.165, 1.54) is 0 Å². The van der Waals surface area contributed by atoms with Crippen LogP contribution in [0.3, 0.4) is 0 Å². The fraction of sp³-hybridized carbons (Fsp3) is 0.706. The lowest BCUT2D eigenvalue weighted by Gasteiger charge is -2.30. The second-order valence-corrected chi connectivity index (χ2v) is 6.84. The Kier molecular flexibility index (Phi) is 5.57. The zero-order valence-corrected chi connectivity index (χ0v) is 14.3. The van der Waals surface area contributed by atoms with E-state index in [-0.39, 0.29) is 48.0 Å². The highest BCUT2D eigenvalue weighted by atomic mass is 16.5. The van der Waals surface area contributed by atoms with Crippen LogP contribution >= 0.6 is 0 Å². The van der Waals surface area contributed by atoms with E-state index in [1.54, 1.807) is 0 Å². The molecule has 0 aromatic carbocycles. The predicted molar refractivity (Wildman–Crippen MR) is 91.3 cm³/mol. The number of carbonyl (C=O) groups is 1. The Morgan fingerprint density at radius 1 is 1.08 bits per heavy atom. The molecular weight excluding hydrogens is 324 g/mol. The molecule has 2 atom stereocenters. The first-order chi connectivity index (χ1) is 12.1. The Morgan fingerprint density at radius 2 is 1.76 bits per heavy atom. The van der Waals surface area contributed by atoms with E-state index in [4.69, 9.17) is 20.9 Å². The molecule has 1 aromatic heterocycles. The Balaban J connectivity index is 1.85. The molecule has 25 heavy (non-hydrogen) atoms. The van der Waals surface area contributed by atoms with Crippen molar-refractivity contribution >= 4 is 11.7 Å². The summed E-state index contributed by atoms with van der Waals surface area (Å²) >= 11 is 0. The number of carbonyl (C=O) groups excluding carboxylic acids is 1. The van der Waals surface area contributed by atoms with Gasteiger partial charge in [-0.2, -0.15) is 9.97 Å². The van der Waals surface area contributed by atoms with Gasteiger partial charge in [0.25, 0.3) is 5.91 Å². The van der Waals surface area contributed by atoms with Crippen LogP contribution in [0.5, 0.6) is 11.9 Å². The van der Waals surface area contributed by atoms with Crippen LogP contribution in [-0.4, -0.2) is 39.8 Å². The largest absolute Gasteiger partial charge is 0.473 e. The van der Waals surface area contributed by atoms with Crippen molar-refractivity contribution in [3.8, 4) is 11.9 Å². The Morgan fingerprint density at radius 3 is 2.44 bits per heavy atom. The molecular formula is C17H26N4O4. The van der Waals surface area contributed by atoms with Crippen molar-refractivity contribution in [2.75, 3.05) is 12.3 Å². The van der Waals surface area contributed by atoms with E-state index in [0.29, 0.717) is 0 Å². The highest BCUT2D eigenvalue weighted by Crippen LogP contribution is 2.32. The molecule has 1 heterocycles. The molecule has 2 fully saturated rings. The van der Waals surface area contributed by atoms with Gasteiger partial charge in [0.1, 0.15) is 23.6 Å². The number of ether oxygens (including phenoxy) is 2. The summed E-state index contributed by atoms with van der Waals surface area (Å²) in [6.07, 6.45) is 7.67. The molecule has 0 aliphatic heterocycles. The number of primary amides is 1. The van der Waals surface area contributed by atoms with E-state index in [2.05, 4.69) is 9.97 Å². The summed E-state index contributed by atoms with van der Waals surface area (Å²) in [6.45, 7) is 0.0303. The van der Waals surface area contributed by atoms with Crippen LogP contribution in [0.1, 0.15) is 61.7 Å². The normalized spacial score (nSPS) is 24.2. The van der Waals surface area contributed by atoms with E-state index < -0.39 is 5.91 Å². The maximum absolute atomic E-state index is 11.8. The van der Waals surface area contributed by atoms with Crippen molar-refractivity contribution in [3.05, 3.63) is 5.56 Å². The quantitative estimate of drug-likeness (QED) is 0.706. The molecule has 3 rings (SSSR count). The van der Waals surface area contributed by atoms with Crippen LogP contribution in [0.15, 0.2) is 0 Å². The Labute approximate surface area is 146 Å². The third-order valence-electron chi connectivity index (χ3n) is 5.04. The SMILES string of the molecule is NC(=O)c1c(N)nc(OC2CCCC2)nc1O[C@H]1CCCC[C@@H]1CO. The topological polar surface area (TPSA) is 134 Å². The highest BCUT2D eigenvalue weighted by Gasteiger charge is 2.30. The summed E-state index contributed by atoms with van der Waals surface area (Å²) in [5, 5.41) is 9.56. The summed E-state index contributed by atoms with van der Waals surface area (Å²) in [7, 11) is 0. The average molecular weight is 350 g/mol. The number of anilines is 1. The minimum absolute atomic E-state index is 0.00451. The van der Waals surface area contributed by atoms with E-state index >= 15 is 0 Å². The lowest BCUT2D eigenvalue weighted by atomic mass is 9.87. The molecule has 2 aliphatic rings. The third kappa shape index (κ3) is 4.12. The van der Waals surface area contributed by atoms with Crippen LogP contribution < -0.4 is 20.9 Å². The van der Waals surface area contributed by atoms with E-state index in [9.17, 15) is 9.90 Å². The van der Waals surface area contributed by atoms with Gasteiger partial charge >= 0.3 is 6.01 Å². The maximum Gasteiger partial charge on any atom is 0.322 e. The smallest absolute Gasteiger partial charge is 0.322 e. The number of hydrogen-bond donors (Lipinski definition) is 3. The fourth-order valence-electron chi connectivity index (χ4n) is 3.64. The predicted octanol–water partition coefficient (Wildman–Crippen LogP) is 1.41. The molecule has 0 bridgehead atoms. The maximum atomic E-state index is 11.8. The lowest BCUT2D eigenvalue weighted by molar-refractivity contribution is 0.0488. The van der Waals surface area contributed by atoms with Crippen LogP contribution in [0, 0.1) is 5.92 Å². The molecule has 138 valence electrons. The first kappa shape index (κ1) is 17.7. The summed E-state index contributed by atoms with van der Waals surface area (Å²) in [6, 6.07) is 0.112. The van der Waals surface area contributed by atoms with Crippen molar-refractivity contribution in [1.82, 2.24) is 9.97 Å². The van der Waals surface area contributed by atoms with Gasteiger partial charge in [0.15, 0.2) is 0 Å². The second-order valence-electron chi connectivity index (χ2n) is 6.84. The van der Waals surface area contributed by atoms with Crippen LogP contribution in [-0.2, 0) is 0 Å². The molecule has 0 unspecified atom stereocenters. The number of aliphatic hydroxyl groups excluding tert-OH is 1. The second kappa shape index (κ2) is 7.86. The zero-order valence-electron chi connectivity index (χ0n) is 14.3. The average Bonchev–Trinajstić information content (AvgIpc) is 3.07. The van der Waals surface area contributed by atoms with Gasteiger partial charge in [-0.15, -0.1) is 0 Å². The Bertz CT molecular complexity index is 619. The number of aromatic nitrogens is 2. The molecule has 8 nitrogen and oxygen atoms in total. The van der Waals surface area contributed by atoms with E-state index in [1.807, 2.05) is 0 Å². The number of nitrogens with two attached hydrogens (primary N) is 2. The lowest BCUT2D eigenvalue weighted by Crippen LogP contribution is -2.34. The van der Waals surface area contributed by atoms with Crippen molar-refractivity contribution in [1.29, 1.82) is 0 Å². The van der Waals surface area contributed by atoms with Crippen LogP contribution in [0.25, 0.3) is 0 Å². The first-order valence-corrected chi connectivity index (χ1v) is 9.00. The van der Waals surface area contributed by atoms with Gasteiger partial charge < -0.3 is 26.0 Å². The van der Waals surface area contributed by atoms with E-state index in [0.717, 1.165) is 51.4 Å². The van der Waals surface area contributed by atoms with Gasteiger partial charge in [-0.1, -0.05) is 6.42 Å². The van der Waals surface area contributed by atoms with Gasteiger partial charge in [-0.05, 0) is 44.9 Å². The summed E-state index contributed by atoms with van der Waals surface area (Å²) in [5.74, 6) is -0.721. The fourth-order valence-corrected chi connectivity index (χ4v) is 3.64. The third-order valence-corrected chi connectivity index (χ3v) is 5.04. The molecule has 1 amide bonds. The zero-order chi connectivity index (χ0) is 17.8. The monoisotopic (exact) mass is 350 g/mol. The highest BCUT2D eigenvalue weighted by molar-refractivity contribution is 5.99. The van der Waals surface area contributed by atoms with Gasteiger partial charge in [0.2, 0.25) is 5.88 Å². The van der Waals surface area contributed by atoms with Gasteiger partial charge in [-0.3, -0.25) is 4.79 Å². The number of nitrogens with zero attached hydrogens (tertiary/aromatic N) is 2. The van der Waals surface area contributed by atoms with Gasteiger partial charge in [-0.25, -0.2) is 0 Å². The van der Waals surface area contributed by atoms with Gasteiger partial charge in [0.05, 0.1) is 0 Å². The minimum atomic E-state index is -0.740. The van der Waals surface area contributed by atoms with Gasteiger partial charge in [0, 0.05) is 12.5 Å². The molecule has 2 saturated carbocycles. The standard InChI is InChI=1S/C17H26N4O4/c18-14-13(15(19)23)16(25-12-8-4-1-5-10(12)9-22)21-17(20-14)24-11-6-2-3-7-11/h10-12,22H,1-9H2,(H2,19,23)(H2,18,20,21)/t10-,12+/m1/s1. The Hall–Kier alpha value is -2.09.